The first-order valence-corrected chi connectivity index (χ1v) is 11.8. The summed E-state index contributed by atoms with van der Waals surface area (Å²) in [6, 6.07) is 16.2. The van der Waals surface area contributed by atoms with Crippen LogP contribution in [0.2, 0.25) is 0 Å². The molecule has 7 heteroatoms. The van der Waals surface area contributed by atoms with Gasteiger partial charge in [0, 0.05) is 41.3 Å². The van der Waals surface area contributed by atoms with Gasteiger partial charge in [0.25, 0.3) is 0 Å². The molecule has 6 nitrogen and oxygen atoms in total. The summed E-state index contributed by atoms with van der Waals surface area (Å²) in [4.78, 5) is 34.6. The molecule has 4 fully saturated rings. The number of nitrogens with zero attached hydrogens (tertiary/aromatic N) is 2. The second-order valence-electron chi connectivity index (χ2n) is 9.18. The van der Waals surface area contributed by atoms with Gasteiger partial charge in [-0.05, 0) is 29.7 Å². The van der Waals surface area contributed by atoms with Crippen molar-refractivity contribution in [2.45, 2.75) is 29.6 Å². The minimum Gasteiger partial charge on any atom is -0.364 e. The van der Waals surface area contributed by atoms with E-state index in [0.29, 0.717) is 17.9 Å². The highest BCUT2D eigenvalue weighted by atomic mass is 32.2. The van der Waals surface area contributed by atoms with Crippen LogP contribution in [0.25, 0.3) is 10.9 Å². The SMILES string of the molecule is CN1C(=O)[C@]23CSC[C@H]1C(=O)N2[C@H]1Nc2ccccc2[C@@]1(c1c[nH]c2ccccc12)C3. The fourth-order valence-electron chi connectivity index (χ4n) is 6.53. The molecule has 2 aromatic carbocycles. The summed E-state index contributed by atoms with van der Waals surface area (Å²) in [5.41, 5.74) is 3.13. The number of H-pyrrole nitrogens is 1. The van der Waals surface area contributed by atoms with E-state index in [0.717, 1.165) is 22.2 Å². The van der Waals surface area contributed by atoms with E-state index in [1.807, 2.05) is 17.0 Å². The van der Waals surface area contributed by atoms with Gasteiger partial charge in [0.15, 0.2) is 0 Å². The van der Waals surface area contributed by atoms with Gasteiger partial charge >= 0.3 is 0 Å². The molecule has 8 rings (SSSR count). The van der Waals surface area contributed by atoms with Crippen molar-refractivity contribution in [3.8, 4) is 0 Å². The molecule has 5 aliphatic heterocycles. The van der Waals surface area contributed by atoms with Crippen molar-refractivity contribution in [2.24, 2.45) is 0 Å². The molecule has 0 aliphatic carbocycles. The zero-order valence-electron chi connectivity index (χ0n) is 17.1. The Kier molecular flexibility index (Phi) is 3.23. The third kappa shape index (κ3) is 1.88. The summed E-state index contributed by atoms with van der Waals surface area (Å²) >= 11 is 1.73. The first-order chi connectivity index (χ1) is 15.1. The van der Waals surface area contributed by atoms with Crippen LogP contribution in [-0.4, -0.2) is 62.9 Å². The molecule has 2 N–H and O–H groups in total. The van der Waals surface area contributed by atoms with Crippen LogP contribution in [0.5, 0.6) is 0 Å². The van der Waals surface area contributed by atoms with E-state index in [9.17, 15) is 9.59 Å². The number of nitrogens with one attached hydrogen (secondary N) is 2. The van der Waals surface area contributed by atoms with Crippen molar-refractivity contribution in [1.82, 2.24) is 14.8 Å². The number of amides is 2. The number of rotatable bonds is 1. The number of fused-ring (bicyclic) bond motifs is 7. The molecular formula is C24H22N4O2S. The van der Waals surface area contributed by atoms with E-state index in [1.165, 1.54) is 5.56 Å². The highest BCUT2D eigenvalue weighted by Gasteiger charge is 2.72. The quantitative estimate of drug-likeness (QED) is 0.623. The molecule has 2 bridgehead atoms. The Morgan fingerprint density at radius 2 is 1.87 bits per heavy atom. The van der Waals surface area contributed by atoms with E-state index >= 15 is 0 Å². The van der Waals surface area contributed by atoms with Crippen LogP contribution in [0.3, 0.4) is 0 Å². The van der Waals surface area contributed by atoms with Crippen molar-refractivity contribution in [2.75, 3.05) is 23.9 Å². The monoisotopic (exact) mass is 430 g/mol. The number of piperazine rings is 1. The summed E-state index contributed by atoms with van der Waals surface area (Å²) in [6.07, 6.45) is 2.39. The van der Waals surface area contributed by atoms with Gasteiger partial charge in [0.05, 0.1) is 5.41 Å². The number of aromatic amines is 1. The highest BCUT2D eigenvalue weighted by molar-refractivity contribution is 7.99. The smallest absolute Gasteiger partial charge is 0.249 e. The molecule has 1 aromatic heterocycles. The van der Waals surface area contributed by atoms with Gasteiger partial charge < -0.3 is 20.1 Å². The molecule has 0 unspecified atom stereocenters. The Balaban J connectivity index is 1.55. The van der Waals surface area contributed by atoms with Crippen molar-refractivity contribution >= 4 is 40.2 Å². The number of carbonyl (C=O) groups excluding carboxylic acids is 2. The van der Waals surface area contributed by atoms with Crippen LogP contribution in [0, 0.1) is 0 Å². The van der Waals surface area contributed by atoms with Gasteiger partial charge in [-0.1, -0.05) is 36.4 Å². The number of thioether (sulfide) groups is 1. The molecule has 0 saturated carbocycles. The van der Waals surface area contributed by atoms with Gasteiger partial charge in [0.1, 0.15) is 17.7 Å². The zero-order valence-corrected chi connectivity index (χ0v) is 17.9. The lowest BCUT2D eigenvalue weighted by molar-refractivity contribution is -0.164. The molecule has 5 aliphatic rings. The maximum atomic E-state index is 13.8. The molecule has 4 saturated heterocycles. The molecule has 6 heterocycles. The Morgan fingerprint density at radius 1 is 1.06 bits per heavy atom. The molecule has 1 spiro atoms. The summed E-state index contributed by atoms with van der Waals surface area (Å²) in [7, 11) is 1.80. The highest BCUT2D eigenvalue weighted by Crippen LogP contribution is 2.61. The second-order valence-corrected chi connectivity index (χ2v) is 10.2. The average molecular weight is 431 g/mol. The third-order valence-corrected chi connectivity index (χ3v) is 9.09. The van der Waals surface area contributed by atoms with E-state index in [4.69, 9.17) is 0 Å². The predicted octanol–water partition coefficient (Wildman–Crippen LogP) is 2.76. The lowest BCUT2D eigenvalue weighted by atomic mass is 9.70. The van der Waals surface area contributed by atoms with Gasteiger partial charge in [-0.15, -0.1) is 0 Å². The Bertz CT molecular complexity index is 1290. The van der Waals surface area contributed by atoms with E-state index < -0.39 is 17.0 Å². The average Bonchev–Trinajstić information content (AvgIpc) is 3.37. The molecule has 4 atom stereocenters. The Labute approximate surface area is 184 Å². The first-order valence-electron chi connectivity index (χ1n) is 10.7. The number of para-hydroxylation sites is 2. The molecular weight excluding hydrogens is 408 g/mol. The van der Waals surface area contributed by atoms with Gasteiger partial charge in [0.2, 0.25) is 11.8 Å². The van der Waals surface area contributed by atoms with Crippen LogP contribution in [0.1, 0.15) is 17.5 Å². The summed E-state index contributed by atoms with van der Waals surface area (Å²) < 4.78 is 0. The maximum Gasteiger partial charge on any atom is 0.249 e. The molecule has 0 radical (unpaired) electrons. The van der Waals surface area contributed by atoms with Crippen LogP contribution in [0.15, 0.2) is 54.7 Å². The summed E-state index contributed by atoms with van der Waals surface area (Å²) in [6.45, 7) is 0. The van der Waals surface area contributed by atoms with Crippen LogP contribution in [-0.2, 0) is 15.0 Å². The Morgan fingerprint density at radius 3 is 2.77 bits per heavy atom. The lowest BCUT2D eigenvalue weighted by Gasteiger charge is -2.46. The van der Waals surface area contributed by atoms with Crippen molar-refractivity contribution in [3.63, 3.8) is 0 Å². The van der Waals surface area contributed by atoms with Crippen LogP contribution in [0.4, 0.5) is 5.69 Å². The number of benzene rings is 2. The minimum atomic E-state index is -0.826. The third-order valence-electron chi connectivity index (χ3n) is 7.85. The fraction of sp³-hybridized carbons (Fsp3) is 0.333. The number of carbonyl (C=O) groups is 2. The lowest BCUT2D eigenvalue weighted by Crippen LogP contribution is -2.70. The normalized spacial score (nSPS) is 33.3. The maximum absolute atomic E-state index is 13.8. The van der Waals surface area contributed by atoms with Crippen molar-refractivity contribution in [3.05, 3.63) is 65.9 Å². The number of hydrogen-bond donors (Lipinski definition) is 2. The topological polar surface area (TPSA) is 68.4 Å². The van der Waals surface area contributed by atoms with E-state index in [2.05, 4.69) is 52.9 Å². The Hall–Kier alpha value is -2.93. The van der Waals surface area contributed by atoms with Gasteiger partial charge in [-0.2, -0.15) is 11.8 Å². The number of anilines is 1. The van der Waals surface area contributed by atoms with Gasteiger partial charge in [-0.3, -0.25) is 9.59 Å². The van der Waals surface area contributed by atoms with Crippen molar-refractivity contribution in [1.29, 1.82) is 0 Å². The standard InChI is InChI=1S/C24H22N4O2S/c1-27-19-11-31-13-23(22(27)30)12-24(16-10-25-17-8-4-2-6-14(16)17)15-7-3-5-9-18(15)26-21(24)28(23)20(19)29/h2-10,19,21,25-26H,11-13H2,1H3/t19-,21+,23-,24+/m0/s1. The van der Waals surface area contributed by atoms with E-state index in [1.54, 1.807) is 23.7 Å². The van der Waals surface area contributed by atoms with E-state index in [-0.39, 0.29) is 18.0 Å². The second kappa shape index (κ2) is 5.65. The molecule has 3 aromatic rings. The molecule has 31 heavy (non-hydrogen) atoms. The number of likely N-dealkylation sites (N-methyl/N-ethyl adjacent to an activating group) is 1. The van der Waals surface area contributed by atoms with Crippen molar-refractivity contribution < 1.29 is 9.59 Å². The molecule has 2 amide bonds. The molecule has 156 valence electrons. The largest absolute Gasteiger partial charge is 0.364 e. The van der Waals surface area contributed by atoms with Gasteiger partial charge in [-0.25, -0.2) is 0 Å². The van der Waals surface area contributed by atoms with Crippen LogP contribution >= 0.6 is 11.8 Å². The fourth-order valence-corrected chi connectivity index (χ4v) is 7.94. The summed E-state index contributed by atoms with van der Waals surface area (Å²) in [5.74, 6) is 1.45. The minimum absolute atomic E-state index is 0.0686. The summed E-state index contributed by atoms with van der Waals surface area (Å²) in [5, 5.41) is 4.82. The number of aromatic nitrogens is 1. The predicted molar refractivity (Wildman–Crippen MR) is 121 cm³/mol. The first kappa shape index (κ1) is 17.7. The van der Waals surface area contributed by atoms with Crippen LogP contribution < -0.4 is 5.32 Å². The zero-order chi connectivity index (χ0) is 21.0. The number of hydrogen-bond acceptors (Lipinski definition) is 4.